The minimum absolute atomic E-state index is 0.223. The minimum atomic E-state index is -0.513. The summed E-state index contributed by atoms with van der Waals surface area (Å²) in [6.07, 6.45) is 7.00. The van der Waals surface area contributed by atoms with Crippen LogP contribution in [0.2, 0.25) is 0 Å². The van der Waals surface area contributed by atoms with Crippen LogP contribution in [0.1, 0.15) is 45.7 Å². The second-order valence-corrected chi connectivity index (χ2v) is 5.95. The maximum atomic E-state index is 12.0. The lowest BCUT2D eigenvalue weighted by Gasteiger charge is -2.24. The van der Waals surface area contributed by atoms with Gasteiger partial charge in [-0.3, -0.25) is 14.3 Å². The monoisotopic (exact) mass is 328 g/mol. The van der Waals surface area contributed by atoms with Crippen molar-refractivity contribution in [2.45, 2.75) is 40.0 Å². The highest BCUT2D eigenvalue weighted by Gasteiger charge is 2.22. The van der Waals surface area contributed by atoms with Gasteiger partial charge in [0.1, 0.15) is 5.75 Å². The molecule has 0 aliphatic rings. The average Bonchev–Trinajstić information content (AvgIpc) is 2.54. The van der Waals surface area contributed by atoms with Crippen molar-refractivity contribution in [3.05, 3.63) is 56.4 Å². The molecule has 0 bridgehead atoms. The Morgan fingerprint density at radius 2 is 1.83 bits per heavy atom. The van der Waals surface area contributed by atoms with Crippen LogP contribution in [0.3, 0.4) is 0 Å². The predicted octanol–water partition coefficient (Wildman–Crippen LogP) is 2.84. The van der Waals surface area contributed by atoms with Crippen molar-refractivity contribution in [3.63, 3.8) is 0 Å². The highest BCUT2D eigenvalue weighted by molar-refractivity contribution is 5.58. The molecule has 2 rings (SSSR count). The zero-order chi connectivity index (χ0) is 18.5. The van der Waals surface area contributed by atoms with Gasteiger partial charge in [-0.05, 0) is 17.5 Å². The Morgan fingerprint density at radius 1 is 1.21 bits per heavy atom. The first-order valence-electron chi connectivity index (χ1n) is 7.79. The topological polar surface area (TPSA) is 64.1 Å². The number of benzene rings is 1. The number of aromatic amines is 1. The van der Waals surface area contributed by atoms with Crippen molar-refractivity contribution in [3.8, 4) is 23.8 Å². The molecule has 0 amide bonds. The molecule has 1 N–H and O–H groups in total. The fourth-order valence-electron chi connectivity index (χ4n) is 2.26. The number of hydrogen-bond acceptors (Lipinski definition) is 3. The van der Waals surface area contributed by atoms with E-state index in [2.05, 4.69) is 10.9 Å². The molecular weight excluding hydrogens is 304 g/mol. The van der Waals surface area contributed by atoms with Crippen LogP contribution >= 0.6 is 0 Å². The summed E-state index contributed by atoms with van der Waals surface area (Å²) < 4.78 is 6.79. The molecule has 0 radical (unpaired) electrons. The molecular formula is C19H24N2O3. The second-order valence-electron chi connectivity index (χ2n) is 5.95. The van der Waals surface area contributed by atoms with E-state index in [0.717, 1.165) is 5.56 Å². The van der Waals surface area contributed by atoms with Gasteiger partial charge >= 0.3 is 5.69 Å². The summed E-state index contributed by atoms with van der Waals surface area (Å²) >= 11 is 0. The Hall–Kier alpha value is -2.74. The van der Waals surface area contributed by atoms with E-state index >= 15 is 0 Å². The maximum absolute atomic E-state index is 12.0. The molecule has 0 aliphatic heterocycles. The molecule has 0 atom stereocenters. The molecule has 0 saturated carbocycles. The van der Waals surface area contributed by atoms with Gasteiger partial charge < -0.3 is 4.74 Å². The van der Waals surface area contributed by atoms with Crippen molar-refractivity contribution >= 4 is 0 Å². The van der Waals surface area contributed by atoms with E-state index in [1.807, 2.05) is 40.7 Å². The van der Waals surface area contributed by atoms with Gasteiger partial charge in [0, 0.05) is 17.8 Å². The maximum Gasteiger partial charge on any atom is 0.332 e. The molecule has 5 heteroatoms. The number of methoxy groups -OCH3 is 1. The Balaban J connectivity index is 0.00000139. The van der Waals surface area contributed by atoms with Gasteiger partial charge in [0.15, 0.2) is 0 Å². The Morgan fingerprint density at radius 3 is 2.29 bits per heavy atom. The lowest BCUT2D eigenvalue weighted by atomic mass is 9.84. The first kappa shape index (κ1) is 19.3. The summed E-state index contributed by atoms with van der Waals surface area (Å²) in [5.74, 6) is 3.21. The normalized spacial score (nSPS) is 10.4. The van der Waals surface area contributed by atoms with Gasteiger partial charge in [0.05, 0.1) is 18.4 Å². The largest absolute Gasteiger partial charge is 0.495 e. The zero-order valence-corrected chi connectivity index (χ0v) is 15.1. The van der Waals surface area contributed by atoms with E-state index in [4.69, 9.17) is 11.2 Å². The Bertz CT molecular complexity index is 862. The molecule has 1 aromatic heterocycles. The van der Waals surface area contributed by atoms with Gasteiger partial charge in [-0.1, -0.05) is 40.5 Å². The molecule has 24 heavy (non-hydrogen) atoms. The van der Waals surface area contributed by atoms with E-state index in [1.165, 1.54) is 16.8 Å². The average molecular weight is 328 g/mol. The summed E-state index contributed by atoms with van der Waals surface area (Å²) in [6, 6.07) is 4.82. The summed E-state index contributed by atoms with van der Waals surface area (Å²) in [6.45, 7) is 10.1. The number of nitrogens with zero attached hydrogens (tertiary/aromatic N) is 1. The third-order valence-electron chi connectivity index (χ3n) is 3.34. The van der Waals surface area contributed by atoms with Crippen LogP contribution in [0, 0.1) is 12.3 Å². The zero-order valence-electron chi connectivity index (χ0n) is 15.1. The molecule has 0 aliphatic carbocycles. The van der Waals surface area contributed by atoms with Crippen molar-refractivity contribution < 1.29 is 4.74 Å². The third-order valence-corrected chi connectivity index (χ3v) is 3.34. The minimum Gasteiger partial charge on any atom is -0.495 e. The molecule has 1 aromatic carbocycles. The third kappa shape index (κ3) is 3.96. The first-order chi connectivity index (χ1) is 11.3. The van der Waals surface area contributed by atoms with Gasteiger partial charge in [0.2, 0.25) is 0 Å². The van der Waals surface area contributed by atoms with Crippen LogP contribution in [0.4, 0.5) is 0 Å². The summed E-state index contributed by atoms with van der Waals surface area (Å²) in [7, 11) is 1.57. The van der Waals surface area contributed by atoms with Gasteiger partial charge in [-0.25, -0.2) is 4.79 Å². The highest BCUT2D eigenvalue weighted by atomic mass is 16.5. The van der Waals surface area contributed by atoms with E-state index in [1.54, 1.807) is 13.2 Å². The van der Waals surface area contributed by atoms with Crippen molar-refractivity contribution in [1.82, 2.24) is 9.55 Å². The van der Waals surface area contributed by atoms with Crippen LogP contribution in [-0.4, -0.2) is 16.7 Å². The molecule has 0 saturated heterocycles. The van der Waals surface area contributed by atoms with Crippen LogP contribution < -0.4 is 16.0 Å². The van der Waals surface area contributed by atoms with Gasteiger partial charge in [-0.15, -0.1) is 6.42 Å². The van der Waals surface area contributed by atoms with E-state index < -0.39 is 11.2 Å². The summed E-state index contributed by atoms with van der Waals surface area (Å²) in [4.78, 5) is 25.4. The molecule has 1 heterocycles. The van der Waals surface area contributed by atoms with Crippen LogP contribution in [-0.2, 0) is 5.41 Å². The van der Waals surface area contributed by atoms with Gasteiger partial charge in [-0.2, -0.15) is 0 Å². The first-order valence-corrected chi connectivity index (χ1v) is 7.79. The number of ether oxygens (including phenoxy) is 1. The number of H-pyrrole nitrogens is 1. The molecule has 5 nitrogen and oxygen atoms in total. The number of terminal acetylenes is 1. The lowest BCUT2D eigenvalue weighted by Crippen LogP contribution is -2.28. The SMILES string of the molecule is C#Cc1cc(-n2ccc(=O)[nH]c2=O)cc(C(C)(C)C)c1OC.CC. The van der Waals surface area contributed by atoms with Crippen molar-refractivity contribution in [2.75, 3.05) is 7.11 Å². The van der Waals surface area contributed by atoms with Crippen LogP contribution in [0.25, 0.3) is 5.69 Å². The smallest absolute Gasteiger partial charge is 0.332 e. The van der Waals surface area contributed by atoms with Crippen molar-refractivity contribution in [1.29, 1.82) is 0 Å². The van der Waals surface area contributed by atoms with Crippen LogP contribution in [0.15, 0.2) is 34.0 Å². The van der Waals surface area contributed by atoms with Crippen LogP contribution in [0.5, 0.6) is 5.75 Å². The molecule has 2 aromatic rings. The fourth-order valence-corrected chi connectivity index (χ4v) is 2.26. The van der Waals surface area contributed by atoms with E-state index in [-0.39, 0.29) is 5.41 Å². The molecule has 0 spiro atoms. The standard InChI is InChI=1S/C17H18N2O3.C2H6/c1-6-11-9-12(19-8-7-14(20)18-16(19)21)10-13(15(11)22-5)17(2,3)4;1-2/h1,7-10H,2-5H3,(H,18,20,21);1-2H3. The van der Waals surface area contributed by atoms with E-state index in [9.17, 15) is 9.59 Å². The fraction of sp³-hybridized carbons (Fsp3) is 0.368. The molecule has 0 fully saturated rings. The quantitative estimate of drug-likeness (QED) is 0.862. The highest BCUT2D eigenvalue weighted by Crippen LogP contribution is 2.35. The molecule has 128 valence electrons. The number of nitrogens with one attached hydrogen (secondary N) is 1. The Kier molecular flexibility index (Phi) is 6.19. The lowest BCUT2D eigenvalue weighted by molar-refractivity contribution is 0.396. The Labute approximate surface area is 142 Å². The number of rotatable bonds is 2. The summed E-state index contributed by atoms with van der Waals surface area (Å²) in [5.41, 5.74) is 0.851. The second kappa shape index (κ2) is 7.69. The number of aromatic nitrogens is 2. The number of hydrogen-bond donors (Lipinski definition) is 1. The molecule has 0 unspecified atom stereocenters. The van der Waals surface area contributed by atoms with E-state index in [0.29, 0.717) is 17.0 Å². The van der Waals surface area contributed by atoms with Crippen molar-refractivity contribution in [2.24, 2.45) is 0 Å². The summed E-state index contributed by atoms with van der Waals surface area (Å²) in [5, 5.41) is 0. The van der Waals surface area contributed by atoms with Gasteiger partial charge in [0.25, 0.3) is 5.56 Å². The predicted molar refractivity (Wildman–Crippen MR) is 97.2 cm³/mol.